The molecule has 0 saturated heterocycles. The fourth-order valence-corrected chi connectivity index (χ4v) is 3.21. The van der Waals surface area contributed by atoms with E-state index in [1.165, 1.54) is 12.1 Å². The van der Waals surface area contributed by atoms with Gasteiger partial charge in [-0.05, 0) is 43.3 Å². The number of halogens is 2. The molecule has 2 aromatic heterocycles. The number of carbonyl (C=O) groups is 1. The first-order valence-electron chi connectivity index (χ1n) is 7.77. The van der Waals surface area contributed by atoms with Crippen LogP contribution < -0.4 is 5.32 Å². The minimum Gasteiger partial charge on any atom is -0.411 e. The second-order valence-corrected chi connectivity index (χ2v) is 7.62. The Morgan fingerprint density at radius 2 is 1.93 bits per heavy atom. The third kappa shape index (κ3) is 5.51. The Balaban J connectivity index is 1.57. The Morgan fingerprint density at radius 1 is 1.15 bits per heavy atom. The van der Waals surface area contributed by atoms with Crippen molar-refractivity contribution in [3.8, 4) is 11.5 Å². The van der Waals surface area contributed by atoms with Gasteiger partial charge in [0.2, 0.25) is 11.8 Å². The van der Waals surface area contributed by atoms with Crippen molar-refractivity contribution in [1.82, 2.24) is 15.2 Å². The van der Waals surface area contributed by atoms with Gasteiger partial charge >= 0.3 is 0 Å². The quantitative estimate of drug-likeness (QED) is 0.574. The van der Waals surface area contributed by atoms with Gasteiger partial charge in [-0.3, -0.25) is 9.78 Å². The van der Waals surface area contributed by atoms with Crippen molar-refractivity contribution in [2.24, 2.45) is 0 Å². The minimum atomic E-state index is -2.48. The number of pyridine rings is 1. The first-order chi connectivity index (χ1) is 13.0. The molecule has 0 unspecified atom stereocenters. The number of nitrogens with zero attached hydrogens (tertiary/aromatic N) is 3. The van der Waals surface area contributed by atoms with E-state index in [9.17, 15) is 13.6 Å². The zero-order valence-electron chi connectivity index (χ0n) is 14.0. The van der Waals surface area contributed by atoms with Crippen LogP contribution in [-0.2, 0) is 4.79 Å². The molecule has 0 spiro atoms. The molecule has 0 fully saturated rings. The predicted molar refractivity (Wildman–Crippen MR) is 99.8 cm³/mol. The molecule has 0 saturated carbocycles. The van der Waals surface area contributed by atoms with Crippen LogP contribution in [0.4, 0.5) is 14.5 Å². The number of hydrogen-bond donors (Lipinski definition) is 1. The molecule has 1 amide bonds. The van der Waals surface area contributed by atoms with Crippen LogP contribution in [0, 0.1) is 0 Å². The molecular weight excluding hydrogens is 394 g/mol. The summed E-state index contributed by atoms with van der Waals surface area (Å²) in [5.74, 6) is -2.42. The van der Waals surface area contributed by atoms with Crippen molar-refractivity contribution in [1.29, 1.82) is 0 Å². The highest BCUT2D eigenvalue weighted by molar-refractivity contribution is 8.00. The molecule has 27 heavy (non-hydrogen) atoms. The van der Waals surface area contributed by atoms with E-state index in [0.717, 1.165) is 11.8 Å². The second-order valence-electron chi connectivity index (χ2n) is 5.27. The van der Waals surface area contributed by atoms with Gasteiger partial charge < -0.3 is 9.73 Å². The lowest BCUT2D eigenvalue weighted by Crippen LogP contribution is -2.22. The lowest BCUT2D eigenvalue weighted by molar-refractivity contribution is -0.115. The number of anilines is 1. The normalized spacial score (nSPS) is 12.1. The summed E-state index contributed by atoms with van der Waals surface area (Å²) in [7, 11) is 0. The molecule has 1 aromatic carbocycles. The summed E-state index contributed by atoms with van der Waals surface area (Å²) < 4.78 is 30.2. The van der Waals surface area contributed by atoms with Crippen LogP contribution in [0.3, 0.4) is 0 Å². The average molecular weight is 408 g/mol. The van der Waals surface area contributed by atoms with E-state index < -0.39 is 11.0 Å². The highest BCUT2D eigenvalue weighted by atomic mass is 32.2. The molecule has 3 rings (SSSR count). The zero-order chi connectivity index (χ0) is 19.2. The van der Waals surface area contributed by atoms with Gasteiger partial charge in [0.25, 0.3) is 11.0 Å². The largest absolute Gasteiger partial charge is 0.411 e. The molecule has 0 bridgehead atoms. The van der Waals surface area contributed by atoms with Crippen LogP contribution in [0.15, 0.2) is 63.3 Å². The molecule has 10 heteroatoms. The number of benzene rings is 1. The molecule has 3 aromatic rings. The standard InChI is InChI=1S/C17H14F2N4O2S2/c1-10(14(24)21-12-4-6-13(7-5-12)27-16(18)19)26-17-23-22-15(25-17)11-3-2-8-20-9-11/h2-10,16H,1H3,(H,21,24)/t10-/m0/s1. The Bertz CT molecular complexity index is 891. The number of carbonyl (C=O) groups excluding carboxylic acids is 1. The van der Waals surface area contributed by atoms with Gasteiger partial charge in [-0.25, -0.2) is 0 Å². The maximum Gasteiger partial charge on any atom is 0.288 e. The Morgan fingerprint density at radius 3 is 2.59 bits per heavy atom. The highest BCUT2D eigenvalue weighted by Crippen LogP contribution is 2.28. The predicted octanol–water partition coefficient (Wildman–Crippen LogP) is 4.57. The van der Waals surface area contributed by atoms with Crippen LogP contribution in [0.1, 0.15) is 6.92 Å². The average Bonchev–Trinajstić information content (AvgIpc) is 3.12. The van der Waals surface area contributed by atoms with E-state index in [1.807, 2.05) is 0 Å². The minimum absolute atomic E-state index is 0.264. The van der Waals surface area contributed by atoms with Gasteiger partial charge in [0, 0.05) is 23.0 Å². The maximum atomic E-state index is 12.3. The number of rotatable bonds is 7. The lowest BCUT2D eigenvalue weighted by atomic mass is 10.3. The van der Waals surface area contributed by atoms with E-state index in [-0.39, 0.29) is 11.1 Å². The van der Waals surface area contributed by atoms with Gasteiger partial charge in [0.05, 0.1) is 10.8 Å². The van der Waals surface area contributed by atoms with Crippen molar-refractivity contribution < 1.29 is 18.0 Å². The lowest BCUT2D eigenvalue weighted by Gasteiger charge is -2.10. The summed E-state index contributed by atoms with van der Waals surface area (Å²) in [5, 5.41) is 10.4. The molecule has 0 radical (unpaired) electrons. The number of amides is 1. The molecular formula is C17H14F2N4O2S2. The summed E-state index contributed by atoms with van der Waals surface area (Å²) >= 11 is 1.57. The molecule has 1 N–H and O–H groups in total. The van der Waals surface area contributed by atoms with Crippen LogP contribution in [-0.4, -0.2) is 32.1 Å². The molecule has 0 aliphatic heterocycles. The Hall–Kier alpha value is -2.46. The van der Waals surface area contributed by atoms with Gasteiger partial charge in [-0.1, -0.05) is 23.5 Å². The highest BCUT2D eigenvalue weighted by Gasteiger charge is 2.19. The van der Waals surface area contributed by atoms with Crippen molar-refractivity contribution in [3.63, 3.8) is 0 Å². The smallest absolute Gasteiger partial charge is 0.288 e. The molecule has 2 heterocycles. The summed E-state index contributed by atoms with van der Waals surface area (Å²) in [4.78, 5) is 16.7. The Kier molecular flexibility index (Phi) is 6.40. The summed E-state index contributed by atoms with van der Waals surface area (Å²) in [5.41, 5.74) is 1.21. The van der Waals surface area contributed by atoms with Crippen LogP contribution in [0.5, 0.6) is 0 Å². The molecule has 0 aliphatic carbocycles. The second kappa shape index (κ2) is 8.96. The van der Waals surface area contributed by atoms with Crippen LogP contribution in [0.2, 0.25) is 0 Å². The fourth-order valence-electron chi connectivity index (χ4n) is 2.03. The topological polar surface area (TPSA) is 80.9 Å². The summed E-state index contributed by atoms with van der Waals surface area (Å²) in [6.07, 6.45) is 3.24. The third-order valence-electron chi connectivity index (χ3n) is 3.31. The first-order valence-corrected chi connectivity index (χ1v) is 9.53. The fraction of sp³-hybridized carbons (Fsp3) is 0.176. The monoisotopic (exact) mass is 408 g/mol. The number of thioether (sulfide) groups is 2. The van der Waals surface area contributed by atoms with Crippen molar-refractivity contribution in [2.75, 3.05) is 5.32 Å². The molecule has 1 atom stereocenters. The summed E-state index contributed by atoms with van der Waals surface area (Å²) in [6.45, 7) is 1.70. The van der Waals surface area contributed by atoms with Gasteiger partial charge in [0.15, 0.2) is 0 Å². The van der Waals surface area contributed by atoms with Crippen LogP contribution in [0.25, 0.3) is 11.5 Å². The van der Waals surface area contributed by atoms with Gasteiger partial charge in [0.1, 0.15) is 0 Å². The SMILES string of the molecule is C[C@H](Sc1nnc(-c2cccnc2)o1)C(=O)Nc1ccc(SC(F)F)cc1. The molecule has 6 nitrogen and oxygen atoms in total. The van der Waals surface area contributed by atoms with Crippen molar-refractivity contribution in [2.45, 2.75) is 28.0 Å². The van der Waals surface area contributed by atoms with Gasteiger partial charge in [-0.15, -0.1) is 10.2 Å². The Labute approximate surface area is 162 Å². The van der Waals surface area contributed by atoms with E-state index in [1.54, 1.807) is 43.6 Å². The van der Waals surface area contributed by atoms with Crippen LogP contribution >= 0.6 is 23.5 Å². The third-order valence-corrected chi connectivity index (χ3v) is 4.97. The van der Waals surface area contributed by atoms with E-state index in [0.29, 0.717) is 33.8 Å². The number of aromatic nitrogens is 3. The maximum absolute atomic E-state index is 12.3. The van der Waals surface area contributed by atoms with E-state index >= 15 is 0 Å². The first kappa shape index (κ1) is 19.3. The molecule has 140 valence electrons. The number of nitrogens with one attached hydrogen (secondary N) is 1. The number of hydrogen-bond acceptors (Lipinski definition) is 7. The summed E-state index contributed by atoms with van der Waals surface area (Å²) in [6, 6.07) is 9.76. The van der Waals surface area contributed by atoms with E-state index in [4.69, 9.17) is 4.42 Å². The molecule has 0 aliphatic rings. The van der Waals surface area contributed by atoms with Gasteiger partial charge in [-0.2, -0.15) is 8.78 Å². The van der Waals surface area contributed by atoms with Crippen molar-refractivity contribution in [3.05, 3.63) is 48.8 Å². The zero-order valence-corrected chi connectivity index (χ0v) is 15.6. The van der Waals surface area contributed by atoms with Crippen molar-refractivity contribution >= 4 is 35.1 Å². The van der Waals surface area contributed by atoms with E-state index in [2.05, 4.69) is 20.5 Å². The number of alkyl halides is 2.